The topological polar surface area (TPSA) is 20.2 Å². The molecular formula is C12H16OS. The predicted molar refractivity (Wildman–Crippen MR) is 61.5 cm³/mol. The Hall–Kier alpha value is -0.600. The van der Waals surface area contributed by atoms with Crippen molar-refractivity contribution in [1.82, 2.24) is 0 Å². The smallest absolute Gasteiger partial charge is 0.0727 e. The molecule has 2 rings (SSSR count). The Morgan fingerprint density at radius 1 is 1.43 bits per heavy atom. The maximum atomic E-state index is 9.68. The minimum Gasteiger partial charge on any atom is -0.389 e. The second-order valence-electron chi connectivity index (χ2n) is 3.94. The average molecular weight is 208 g/mol. The van der Waals surface area contributed by atoms with E-state index in [4.69, 9.17) is 0 Å². The standard InChI is InChI=1S/C12H16OS/c1-9-6-7-14-12(9)10-4-2-3-5-11(13)8-10/h6-8,11,13H,2-5H2,1H3. The van der Waals surface area contributed by atoms with Crippen LogP contribution in [0.5, 0.6) is 0 Å². The van der Waals surface area contributed by atoms with Crippen molar-refractivity contribution in [1.29, 1.82) is 0 Å². The molecule has 1 unspecified atom stereocenters. The molecule has 0 spiro atoms. The molecule has 1 atom stereocenters. The number of aliphatic hydroxyl groups is 1. The molecule has 0 amide bonds. The quantitative estimate of drug-likeness (QED) is 0.750. The Morgan fingerprint density at radius 3 is 3.00 bits per heavy atom. The van der Waals surface area contributed by atoms with Gasteiger partial charge in [0.2, 0.25) is 0 Å². The molecule has 14 heavy (non-hydrogen) atoms. The highest BCUT2D eigenvalue weighted by Gasteiger charge is 2.12. The maximum absolute atomic E-state index is 9.68. The van der Waals surface area contributed by atoms with Gasteiger partial charge in [0.15, 0.2) is 0 Å². The monoisotopic (exact) mass is 208 g/mol. The van der Waals surface area contributed by atoms with Crippen LogP contribution in [0.1, 0.15) is 36.1 Å². The third-order valence-corrected chi connectivity index (χ3v) is 3.84. The molecule has 1 aromatic rings. The first-order valence-electron chi connectivity index (χ1n) is 5.20. The van der Waals surface area contributed by atoms with Crippen molar-refractivity contribution in [3.05, 3.63) is 28.0 Å². The molecule has 1 aliphatic carbocycles. The summed E-state index contributed by atoms with van der Waals surface area (Å²) in [5.74, 6) is 0. The van der Waals surface area contributed by atoms with Crippen LogP contribution in [0.2, 0.25) is 0 Å². The Kier molecular flexibility index (Phi) is 3.04. The van der Waals surface area contributed by atoms with E-state index in [0.29, 0.717) is 0 Å². The van der Waals surface area contributed by atoms with E-state index >= 15 is 0 Å². The van der Waals surface area contributed by atoms with E-state index in [1.54, 1.807) is 11.3 Å². The summed E-state index contributed by atoms with van der Waals surface area (Å²) in [5.41, 5.74) is 2.69. The zero-order valence-electron chi connectivity index (χ0n) is 8.49. The Labute approximate surface area is 89.1 Å². The van der Waals surface area contributed by atoms with Crippen molar-refractivity contribution in [2.75, 3.05) is 0 Å². The van der Waals surface area contributed by atoms with Crippen molar-refractivity contribution in [3.8, 4) is 0 Å². The lowest BCUT2D eigenvalue weighted by atomic mass is 10.1. The number of aryl methyl sites for hydroxylation is 1. The number of allylic oxidation sites excluding steroid dienone is 1. The van der Waals surface area contributed by atoms with Crippen LogP contribution in [0.25, 0.3) is 5.57 Å². The summed E-state index contributed by atoms with van der Waals surface area (Å²) in [4.78, 5) is 1.37. The van der Waals surface area contributed by atoms with Gasteiger partial charge in [-0.15, -0.1) is 11.3 Å². The van der Waals surface area contributed by atoms with E-state index in [-0.39, 0.29) is 6.10 Å². The molecule has 1 heterocycles. The van der Waals surface area contributed by atoms with Crippen LogP contribution < -0.4 is 0 Å². The van der Waals surface area contributed by atoms with E-state index in [2.05, 4.69) is 18.4 Å². The lowest BCUT2D eigenvalue weighted by Crippen LogP contribution is -1.99. The number of rotatable bonds is 1. The zero-order valence-corrected chi connectivity index (χ0v) is 9.31. The molecule has 1 aromatic heterocycles. The highest BCUT2D eigenvalue weighted by atomic mass is 32.1. The summed E-state index contributed by atoms with van der Waals surface area (Å²) in [6.07, 6.45) is 6.22. The summed E-state index contributed by atoms with van der Waals surface area (Å²) in [7, 11) is 0. The van der Waals surface area contributed by atoms with Gasteiger partial charge in [-0.25, -0.2) is 0 Å². The van der Waals surface area contributed by atoms with Crippen LogP contribution in [0.4, 0.5) is 0 Å². The largest absolute Gasteiger partial charge is 0.389 e. The van der Waals surface area contributed by atoms with Crippen LogP contribution in [-0.4, -0.2) is 11.2 Å². The minimum atomic E-state index is -0.228. The average Bonchev–Trinajstić information content (AvgIpc) is 2.45. The van der Waals surface area contributed by atoms with Gasteiger partial charge in [0.05, 0.1) is 6.10 Å². The molecule has 1 N–H and O–H groups in total. The first-order chi connectivity index (χ1) is 6.77. The van der Waals surface area contributed by atoms with E-state index in [1.165, 1.54) is 22.4 Å². The normalized spacial score (nSPS) is 23.0. The lowest BCUT2D eigenvalue weighted by Gasteiger charge is -2.05. The van der Waals surface area contributed by atoms with Crippen LogP contribution in [-0.2, 0) is 0 Å². The Bertz CT molecular complexity index is 338. The van der Waals surface area contributed by atoms with E-state index < -0.39 is 0 Å². The van der Waals surface area contributed by atoms with Gasteiger partial charge in [-0.1, -0.05) is 12.5 Å². The van der Waals surface area contributed by atoms with E-state index in [1.807, 2.05) is 6.08 Å². The van der Waals surface area contributed by atoms with Gasteiger partial charge in [0.25, 0.3) is 0 Å². The van der Waals surface area contributed by atoms with Crippen molar-refractivity contribution in [3.63, 3.8) is 0 Å². The van der Waals surface area contributed by atoms with E-state index in [9.17, 15) is 5.11 Å². The molecule has 2 heteroatoms. The van der Waals surface area contributed by atoms with Crippen LogP contribution in [0.3, 0.4) is 0 Å². The lowest BCUT2D eigenvalue weighted by molar-refractivity contribution is 0.211. The Morgan fingerprint density at radius 2 is 2.29 bits per heavy atom. The predicted octanol–water partition coefficient (Wildman–Crippen LogP) is 3.37. The summed E-state index contributed by atoms with van der Waals surface area (Å²) in [6.45, 7) is 2.14. The molecule has 1 aliphatic rings. The summed E-state index contributed by atoms with van der Waals surface area (Å²) >= 11 is 1.79. The molecule has 1 nitrogen and oxygen atoms in total. The highest BCUT2D eigenvalue weighted by molar-refractivity contribution is 7.11. The fourth-order valence-electron chi connectivity index (χ4n) is 1.96. The fourth-order valence-corrected chi connectivity index (χ4v) is 2.94. The van der Waals surface area contributed by atoms with Crippen molar-refractivity contribution < 1.29 is 5.11 Å². The SMILES string of the molecule is Cc1ccsc1C1=CC(O)CCCC1. The summed E-state index contributed by atoms with van der Waals surface area (Å²) in [5, 5.41) is 11.8. The van der Waals surface area contributed by atoms with Crippen molar-refractivity contribution in [2.24, 2.45) is 0 Å². The molecule has 0 aliphatic heterocycles. The third-order valence-electron chi connectivity index (χ3n) is 2.74. The number of aliphatic hydroxyl groups excluding tert-OH is 1. The van der Waals surface area contributed by atoms with Gasteiger partial charge < -0.3 is 5.11 Å². The third kappa shape index (κ3) is 2.07. The minimum absolute atomic E-state index is 0.228. The van der Waals surface area contributed by atoms with Gasteiger partial charge in [-0.05, 0) is 48.8 Å². The zero-order chi connectivity index (χ0) is 9.97. The van der Waals surface area contributed by atoms with Gasteiger partial charge in [-0.3, -0.25) is 0 Å². The number of hydrogen-bond donors (Lipinski definition) is 1. The highest BCUT2D eigenvalue weighted by Crippen LogP contribution is 2.31. The van der Waals surface area contributed by atoms with Crippen LogP contribution in [0.15, 0.2) is 17.5 Å². The van der Waals surface area contributed by atoms with Crippen molar-refractivity contribution >= 4 is 16.9 Å². The Balaban J connectivity index is 2.28. The molecule has 0 aromatic carbocycles. The summed E-state index contributed by atoms with van der Waals surface area (Å²) in [6, 6.07) is 2.15. The molecule has 76 valence electrons. The second kappa shape index (κ2) is 4.28. The molecule has 0 bridgehead atoms. The first-order valence-corrected chi connectivity index (χ1v) is 6.08. The molecule has 0 saturated heterocycles. The van der Waals surface area contributed by atoms with Gasteiger partial charge >= 0.3 is 0 Å². The van der Waals surface area contributed by atoms with Gasteiger partial charge in [0.1, 0.15) is 0 Å². The molecule has 0 saturated carbocycles. The molecule has 0 radical (unpaired) electrons. The first kappa shape index (κ1) is 9.94. The molecule has 0 fully saturated rings. The van der Waals surface area contributed by atoms with Gasteiger partial charge in [0, 0.05) is 4.88 Å². The van der Waals surface area contributed by atoms with E-state index in [0.717, 1.165) is 19.3 Å². The maximum Gasteiger partial charge on any atom is 0.0727 e. The van der Waals surface area contributed by atoms with Crippen LogP contribution >= 0.6 is 11.3 Å². The summed E-state index contributed by atoms with van der Waals surface area (Å²) < 4.78 is 0. The van der Waals surface area contributed by atoms with Crippen molar-refractivity contribution in [2.45, 2.75) is 38.7 Å². The number of thiophene rings is 1. The van der Waals surface area contributed by atoms with Gasteiger partial charge in [-0.2, -0.15) is 0 Å². The number of hydrogen-bond acceptors (Lipinski definition) is 2. The van der Waals surface area contributed by atoms with Crippen LogP contribution in [0, 0.1) is 6.92 Å². The molecular weight excluding hydrogens is 192 g/mol. The fraction of sp³-hybridized carbons (Fsp3) is 0.500. The second-order valence-corrected chi connectivity index (χ2v) is 4.85.